The smallest absolute Gasteiger partial charge is 0.139 e. The van der Waals surface area contributed by atoms with Gasteiger partial charge in [0.25, 0.3) is 0 Å². The quantitative estimate of drug-likeness (QED) is 0.516. The van der Waals surface area contributed by atoms with Gasteiger partial charge in [-0.05, 0) is 30.3 Å². The monoisotopic (exact) mass is 260 g/mol. The fourth-order valence-electron chi connectivity index (χ4n) is 2.46. The minimum atomic E-state index is 0.729. The van der Waals surface area contributed by atoms with Crippen LogP contribution in [0.3, 0.4) is 0 Å². The van der Waals surface area contributed by atoms with E-state index in [1.54, 1.807) is 6.20 Å². The van der Waals surface area contributed by atoms with Gasteiger partial charge >= 0.3 is 0 Å². The summed E-state index contributed by atoms with van der Waals surface area (Å²) in [5.74, 6) is 0.837. The lowest BCUT2D eigenvalue weighted by atomic mass is 10.1. The van der Waals surface area contributed by atoms with Crippen LogP contribution in [0.2, 0.25) is 0 Å². The summed E-state index contributed by atoms with van der Waals surface area (Å²) in [6, 6.07) is 15.7. The second kappa shape index (κ2) is 4.06. The summed E-state index contributed by atoms with van der Waals surface area (Å²) < 4.78 is 0. The van der Waals surface area contributed by atoms with E-state index in [4.69, 9.17) is 5.73 Å². The van der Waals surface area contributed by atoms with E-state index in [0.29, 0.717) is 0 Å². The second-order valence-corrected chi connectivity index (χ2v) is 4.74. The van der Waals surface area contributed by atoms with E-state index in [1.807, 2.05) is 42.5 Å². The van der Waals surface area contributed by atoms with Gasteiger partial charge in [0.1, 0.15) is 5.82 Å². The molecule has 0 radical (unpaired) electrons. The standard InChI is InChI=1S/C16H12N4/c17-10-5-6-14-15(9-10)20-16(19-14)12-7-8-18-13-4-2-1-3-11(12)13/h1-9H,17H2,(H,19,20). The summed E-state index contributed by atoms with van der Waals surface area (Å²) in [4.78, 5) is 12.3. The molecule has 0 aliphatic carbocycles. The van der Waals surface area contributed by atoms with Crippen LogP contribution >= 0.6 is 0 Å². The Kier molecular flexibility index (Phi) is 2.23. The van der Waals surface area contributed by atoms with Gasteiger partial charge in [0.15, 0.2) is 0 Å². The van der Waals surface area contributed by atoms with E-state index >= 15 is 0 Å². The predicted octanol–water partition coefficient (Wildman–Crippen LogP) is 3.36. The van der Waals surface area contributed by atoms with Gasteiger partial charge in [-0.3, -0.25) is 4.98 Å². The molecule has 0 amide bonds. The maximum absolute atomic E-state index is 5.80. The Morgan fingerprint density at radius 2 is 1.85 bits per heavy atom. The number of aromatic amines is 1. The van der Waals surface area contributed by atoms with E-state index in [0.717, 1.165) is 39.0 Å². The molecule has 0 unspecified atom stereocenters. The average Bonchev–Trinajstić information content (AvgIpc) is 2.89. The van der Waals surface area contributed by atoms with Crippen LogP contribution in [-0.4, -0.2) is 15.0 Å². The number of H-pyrrole nitrogens is 1. The minimum absolute atomic E-state index is 0.729. The SMILES string of the molecule is Nc1ccc2nc(-c3ccnc4ccccc34)[nH]c2c1. The molecule has 0 aliphatic rings. The number of nitrogens with one attached hydrogen (secondary N) is 1. The zero-order chi connectivity index (χ0) is 13.5. The first-order valence-electron chi connectivity index (χ1n) is 6.41. The van der Waals surface area contributed by atoms with E-state index in [9.17, 15) is 0 Å². The predicted molar refractivity (Wildman–Crippen MR) is 81.2 cm³/mol. The third-order valence-corrected chi connectivity index (χ3v) is 3.41. The van der Waals surface area contributed by atoms with E-state index in [2.05, 4.69) is 21.0 Å². The highest BCUT2D eigenvalue weighted by molar-refractivity contribution is 5.94. The highest BCUT2D eigenvalue weighted by Gasteiger charge is 2.09. The van der Waals surface area contributed by atoms with Crippen LogP contribution in [0.1, 0.15) is 0 Å². The molecule has 0 bridgehead atoms. The number of para-hydroxylation sites is 1. The molecule has 0 saturated heterocycles. The van der Waals surface area contributed by atoms with Crippen LogP contribution in [0.5, 0.6) is 0 Å². The molecule has 2 aromatic carbocycles. The maximum atomic E-state index is 5.80. The normalized spacial score (nSPS) is 11.2. The number of anilines is 1. The number of rotatable bonds is 1. The zero-order valence-corrected chi connectivity index (χ0v) is 10.7. The third kappa shape index (κ3) is 1.62. The number of benzene rings is 2. The van der Waals surface area contributed by atoms with Crippen molar-refractivity contribution in [3.63, 3.8) is 0 Å². The fourth-order valence-corrected chi connectivity index (χ4v) is 2.46. The van der Waals surface area contributed by atoms with Crippen LogP contribution < -0.4 is 5.73 Å². The van der Waals surface area contributed by atoms with Crippen LogP contribution in [0, 0.1) is 0 Å². The van der Waals surface area contributed by atoms with Gasteiger partial charge in [-0.25, -0.2) is 4.98 Å². The van der Waals surface area contributed by atoms with Crippen molar-refractivity contribution in [1.29, 1.82) is 0 Å². The van der Waals surface area contributed by atoms with E-state index in [1.165, 1.54) is 0 Å². The number of imidazole rings is 1. The Labute approximate surface area is 115 Å². The van der Waals surface area contributed by atoms with Gasteiger partial charge in [0.2, 0.25) is 0 Å². The fraction of sp³-hybridized carbons (Fsp3) is 0. The molecule has 4 nitrogen and oxygen atoms in total. The van der Waals surface area contributed by atoms with E-state index < -0.39 is 0 Å². The molecule has 0 aliphatic heterocycles. The molecular formula is C16H12N4. The summed E-state index contributed by atoms with van der Waals surface area (Å²) in [6.07, 6.45) is 1.80. The molecule has 4 aromatic rings. The molecule has 4 rings (SSSR count). The van der Waals surface area contributed by atoms with Crippen molar-refractivity contribution in [3.05, 3.63) is 54.7 Å². The van der Waals surface area contributed by atoms with Crippen LogP contribution in [0.15, 0.2) is 54.7 Å². The zero-order valence-electron chi connectivity index (χ0n) is 10.7. The van der Waals surface area contributed by atoms with Gasteiger partial charge in [-0.1, -0.05) is 18.2 Å². The Balaban J connectivity index is 2.01. The lowest BCUT2D eigenvalue weighted by Crippen LogP contribution is -1.85. The number of hydrogen-bond acceptors (Lipinski definition) is 3. The molecular weight excluding hydrogens is 248 g/mol. The summed E-state index contributed by atoms with van der Waals surface area (Å²) in [5.41, 5.74) is 10.4. The summed E-state index contributed by atoms with van der Waals surface area (Å²) in [5, 5.41) is 1.09. The molecule has 2 heterocycles. The number of aromatic nitrogens is 3. The molecule has 4 heteroatoms. The Morgan fingerprint density at radius 1 is 0.950 bits per heavy atom. The number of pyridine rings is 1. The van der Waals surface area contributed by atoms with Gasteiger partial charge in [-0.15, -0.1) is 0 Å². The van der Waals surface area contributed by atoms with Gasteiger partial charge < -0.3 is 10.7 Å². The van der Waals surface area contributed by atoms with Crippen molar-refractivity contribution in [3.8, 4) is 11.4 Å². The maximum Gasteiger partial charge on any atom is 0.139 e. The Bertz CT molecular complexity index is 919. The summed E-state index contributed by atoms with van der Waals surface area (Å²) >= 11 is 0. The number of fused-ring (bicyclic) bond motifs is 2. The largest absolute Gasteiger partial charge is 0.399 e. The van der Waals surface area contributed by atoms with Crippen molar-refractivity contribution in [2.45, 2.75) is 0 Å². The first kappa shape index (κ1) is 11.0. The van der Waals surface area contributed by atoms with Crippen molar-refractivity contribution < 1.29 is 0 Å². The average molecular weight is 260 g/mol. The first-order valence-corrected chi connectivity index (χ1v) is 6.41. The third-order valence-electron chi connectivity index (χ3n) is 3.41. The van der Waals surface area contributed by atoms with Gasteiger partial charge in [0.05, 0.1) is 16.6 Å². The van der Waals surface area contributed by atoms with Crippen molar-refractivity contribution in [1.82, 2.24) is 15.0 Å². The molecule has 96 valence electrons. The van der Waals surface area contributed by atoms with Gasteiger partial charge in [-0.2, -0.15) is 0 Å². The number of nitrogens with zero attached hydrogens (tertiary/aromatic N) is 2. The Hall–Kier alpha value is -2.88. The van der Waals surface area contributed by atoms with Crippen LogP contribution in [0.4, 0.5) is 5.69 Å². The topological polar surface area (TPSA) is 67.6 Å². The van der Waals surface area contributed by atoms with E-state index in [-0.39, 0.29) is 0 Å². The summed E-state index contributed by atoms with van der Waals surface area (Å²) in [7, 11) is 0. The number of nitrogen functional groups attached to an aromatic ring is 1. The molecule has 0 spiro atoms. The van der Waals surface area contributed by atoms with Crippen molar-refractivity contribution in [2.75, 3.05) is 5.73 Å². The van der Waals surface area contributed by atoms with Gasteiger partial charge in [0, 0.05) is 22.8 Å². The molecule has 0 saturated carbocycles. The highest BCUT2D eigenvalue weighted by atomic mass is 14.9. The minimum Gasteiger partial charge on any atom is -0.399 e. The lowest BCUT2D eigenvalue weighted by Gasteiger charge is -2.02. The lowest BCUT2D eigenvalue weighted by molar-refractivity contribution is 1.33. The second-order valence-electron chi connectivity index (χ2n) is 4.74. The van der Waals surface area contributed by atoms with Crippen molar-refractivity contribution >= 4 is 27.6 Å². The van der Waals surface area contributed by atoms with Crippen LogP contribution in [-0.2, 0) is 0 Å². The van der Waals surface area contributed by atoms with Crippen LogP contribution in [0.25, 0.3) is 33.3 Å². The molecule has 0 fully saturated rings. The molecule has 2 aromatic heterocycles. The Morgan fingerprint density at radius 3 is 2.80 bits per heavy atom. The highest BCUT2D eigenvalue weighted by Crippen LogP contribution is 2.27. The molecule has 20 heavy (non-hydrogen) atoms. The number of hydrogen-bond donors (Lipinski definition) is 2. The summed E-state index contributed by atoms with van der Waals surface area (Å²) in [6.45, 7) is 0. The molecule has 0 atom stereocenters. The number of nitrogens with two attached hydrogens (primary N) is 1. The first-order chi connectivity index (χ1) is 9.81. The van der Waals surface area contributed by atoms with Crippen molar-refractivity contribution in [2.24, 2.45) is 0 Å². The molecule has 3 N–H and O–H groups in total.